The highest BCUT2D eigenvalue weighted by atomic mass is 16.5. The van der Waals surface area contributed by atoms with E-state index in [1.165, 1.54) is 45.3 Å². The summed E-state index contributed by atoms with van der Waals surface area (Å²) in [6.45, 7) is 7.81. The molecule has 2 atom stereocenters. The molecule has 0 spiro atoms. The third-order valence-corrected chi connectivity index (χ3v) is 3.60. The first-order valence-corrected chi connectivity index (χ1v) is 6.46. The minimum Gasteiger partial charge on any atom is -0.380 e. The molecule has 0 aromatic rings. The molecule has 2 heterocycles. The molecule has 2 aliphatic heterocycles. The van der Waals surface area contributed by atoms with Crippen molar-refractivity contribution in [1.82, 2.24) is 10.2 Å². The molecule has 0 radical (unpaired) electrons. The lowest BCUT2D eigenvalue weighted by Gasteiger charge is -2.38. The summed E-state index contributed by atoms with van der Waals surface area (Å²) in [5, 5.41) is 3.51. The first kappa shape index (κ1) is 11.4. The van der Waals surface area contributed by atoms with Crippen molar-refractivity contribution in [3.05, 3.63) is 0 Å². The van der Waals surface area contributed by atoms with Crippen molar-refractivity contribution in [2.75, 3.05) is 32.8 Å². The number of rotatable bonds is 4. The van der Waals surface area contributed by atoms with Gasteiger partial charge in [0.15, 0.2) is 0 Å². The van der Waals surface area contributed by atoms with E-state index in [1.54, 1.807) is 0 Å². The first-order valence-electron chi connectivity index (χ1n) is 6.46. The SMILES string of the molecule is CCCN(C1CCCNC1)C1CCOC1. The van der Waals surface area contributed by atoms with Crippen LogP contribution in [0.15, 0.2) is 0 Å². The molecule has 2 saturated heterocycles. The smallest absolute Gasteiger partial charge is 0.0622 e. The Balaban J connectivity index is 1.90. The lowest BCUT2D eigenvalue weighted by Crippen LogP contribution is -2.51. The molecule has 0 amide bonds. The quantitative estimate of drug-likeness (QED) is 0.759. The Morgan fingerprint density at radius 2 is 2.27 bits per heavy atom. The van der Waals surface area contributed by atoms with Gasteiger partial charge in [-0.25, -0.2) is 0 Å². The normalized spacial score (nSPS) is 32.4. The molecule has 1 N–H and O–H groups in total. The lowest BCUT2D eigenvalue weighted by atomic mass is 10.0. The van der Waals surface area contributed by atoms with Crippen molar-refractivity contribution < 1.29 is 4.74 Å². The highest BCUT2D eigenvalue weighted by Crippen LogP contribution is 2.19. The van der Waals surface area contributed by atoms with Gasteiger partial charge >= 0.3 is 0 Å². The van der Waals surface area contributed by atoms with Crippen LogP contribution >= 0.6 is 0 Å². The van der Waals surface area contributed by atoms with Gasteiger partial charge in [-0.1, -0.05) is 6.92 Å². The predicted octanol–water partition coefficient (Wildman–Crippen LogP) is 1.24. The van der Waals surface area contributed by atoms with E-state index in [-0.39, 0.29) is 0 Å². The maximum Gasteiger partial charge on any atom is 0.0622 e. The van der Waals surface area contributed by atoms with Crippen molar-refractivity contribution in [3.63, 3.8) is 0 Å². The van der Waals surface area contributed by atoms with Gasteiger partial charge in [-0.3, -0.25) is 4.90 Å². The van der Waals surface area contributed by atoms with Crippen molar-refractivity contribution in [2.45, 2.75) is 44.7 Å². The Labute approximate surface area is 93.2 Å². The summed E-state index contributed by atoms with van der Waals surface area (Å²) >= 11 is 0. The van der Waals surface area contributed by atoms with Crippen LogP contribution < -0.4 is 5.32 Å². The predicted molar refractivity (Wildman–Crippen MR) is 62.1 cm³/mol. The summed E-state index contributed by atoms with van der Waals surface area (Å²) in [4.78, 5) is 2.69. The van der Waals surface area contributed by atoms with E-state index >= 15 is 0 Å². The third-order valence-electron chi connectivity index (χ3n) is 3.60. The van der Waals surface area contributed by atoms with Gasteiger partial charge < -0.3 is 10.1 Å². The number of nitrogens with zero attached hydrogens (tertiary/aromatic N) is 1. The zero-order chi connectivity index (χ0) is 10.5. The van der Waals surface area contributed by atoms with Gasteiger partial charge in [0, 0.05) is 25.2 Å². The van der Waals surface area contributed by atoms with Gasteiger partial charge in [0.2, 0.25) is 0 Å². The largest absolute Gasteiger partial charge is 0.380 e. The summed E-state index contributed by atoms with van der Waals surface area (Å²) in [6.07, 6.45) is 5.19. The zero-order valence-electron chi connectivity index (χ0n) is 9.87. The molecule has 0 aromatic heterocycles. The van der Waals surface area contributed by atoms with Crippen molar-refractivity contribution >= 4 is 0 Å². The van der Waals surface area contributed by atoms with Crippen LogP contribution in [0.1, 0.15) is 32.6 Å². The topological polar surface area (TPSA) is 24.5 Å². The van der Waals surface area contributed by atoms with Crippen LogP contribution in [-0.4, -0.2) is 49.8 Å². The van der Waals surface area contributed by atoms with Gasteiger partial charge in [0.25, 0.3) is 0 Å². The molecule has 2 rings (SSSR count). The highest BCUT2D eigenvalue weighted by Gasteiger charge is 2.29. The van der Waals surface area contributed by atoms with Crippen LogP contribution in [0.5, 0.6) is 0 Å². The zero-order valence-corrected chi connectivity index (χ0v) is 9.87. The molecule has 15 heavy (non-hydrogen) atoms. The fourth-order valence-corrected chi connectivity index (χ4v) is 2.82. The molecular formula is C12H24N2O. The van der Waals surface area contributed by atoms with Crippen molar-refractivity contribution in [3.8, 4) is 0 Å². The molecule has 0 aromatic carbocycles. The van der Waals surface area contributed by atoms with E-state index in [1.807, 2.05) is 0 Å². The fraction of sp³-hybridized carbons (Fsp3) is 1.00. The van der Waals surface area contributed by atoms with Crippen LogP contribution in [0.4, 0.5) is 0 Å². The lowest BCUT2D eigenvalue weighted by molar-refractivity contribution is 0.0940. The van der Waals surface area contributed by atoms with Gasteiger partial charge in [-0.05, 0) is 38.8 Å². The summed E-state index contributed by atoms with van der Waals surface area (Å²) in [5.41, 5.74) is 0. The van der Waals surface area contributed by atoms with Crippen LogP contribution in [0.25, 0.3) is 0 Å². The average molecular weight is 212 g/mol. The van der Waals surface area contributed by atoms with E-state index in [4.69, 9.17) is 4.74 Å². The average Bonchev–Trinajstić information content (AvgIpc) is 2.80. The Hall–Kier alpha value is -0.120. The molecular weight excluding hydrogens is 188 g/mol. The van der Waals surface area contributed by atoms with Gasteiger partial charge in [0.05, 0.1) is 6.61 Å². The van der Waals surface area contributed by atoms with Crippen LogP contribution in [0.3, 0.4) is 0 Å². The third kappa shape index (κ3) is 2.92. The van der Waals surface area contributed by atoms with Crippen LogP contribution in [0, 0.1) is 0 Å². The standard InChI is InChI=1S/C12H24N2O/c1-2-7-14(12-5-8-15-10-12)11-4-3-6-13-9-11/h11-13H,2-10H2,1H3. The summed E-state index contributed by atoms with van der Waals surface area (Å²) < 4.78 is 5.51. The first-order chi connectivity index (χ1) is 7.42. The summed E-state index contributed by atoms with van der Waals surface area (Å²) in [6, 6.07) is 1.44. The van der Waals surface area contributed by atoms with E-state index in [0.29, 0.717) is 6.04 Å². The number of piperidine rings is 1. The molecule has 2 unspecified atom stereocenters. The molecule has 0 bridgehead atoms. The maximum absolute atomic E-state index is 5.51. The van der Waals surface area contributed by atoms with E-state index < -0.39 is 0 Å². The number of hydrogen-bond acceptors (Lipinski definition) is 3. The van der Waals surface area contributed by atoms with Gasteiger partial charge in [-0.15, -0.1) is 0 Å². The fourth-order valence-electron chi connectivity index (χ4n) is 2.82. The minimum absolute atomic E-state index is 0.690. The number of nitrogens with one attached hydrogen (secondary N) is 1. The second kappa shape index (κ2) is 5.83. The molecule has 88 valence electrons. The van der Waals surface area contributed by atoms with Crippen molar-refractivity contribution in [2.24, 2.45) is 0 Å². The Kier molecular flexibility index (Phi) is 4.42. The van der Waals surface area contributed by atoms with E-state index in [2.05, 4.69) is 17.1 Å². The molecule has 0 aliphatic carbocycles. The molecule has 3 nitrogen and oxygen atoms in total. The maximum atomic E-state index is 5.51. The number of ether oxygens (including phenoxy) is 1. The summed E-state index contributed by atoms with van der Waals surface area (Å²) in [5.74, 6) is 0. The second-order valence-corrected chi connectivity index (χ2v) is 4.76. The number of hydrogen-bond donors (Lipinski definition) is 1. The molecule has 2 fully saturated rings. The second-order valence-electron chi connectivity index (χ2n) is 4.76. The Morgan fingerprint density at radius 3 is 2.87 bits per heavy atom. The van der Waals surface area contributed by atoms with E-state index in [0.717, 1.165) is 19.3 Å². The van der Waals surface area contributed by atoms with E-state index in [9.17, 15) is 0 Å². The van der Waals surface area contributed by atoms with Crippen molar-refractivity contribution in [1.29, 1.82) is 0 Å². The van der Waals surface area contributed by atoms with Gasteiger partial charge in [0.1, 0.15) is 0 Å². The Morgan fingerprint density at radius 1 is 1.33 bits per heavy atom. The highest BCUT2D eigenvalue weighted by molar-refractivity contribution is 4.85. The van der Waals surface area contributed by atoms with Gasteiger partial charge in [-0.2, -0.15) is 0 Å². The molecule has 0 saturated carbocycles. The minimum atomic E-state index is 0.690. The Bertz CT molecular complexity index is 174. The monoisotopic (exact) mass is 212 g/mol. The van der Waals surface area contributed by atoms with Crippen LogP contribution in [0.2, 0.25) is 0 Å². The molecule has 3 heteroatoms. The molecule has 2 aliphatic rings. The summed E-state index contributed by atoms with van der Waals surface area (Å²) in [7, 11) is 0. The van der Waals surface area contributed by atoms with Crippen LogP contribution in [-0.2, 0) is 4.74 Å².